The molecule has 0 radical (unpaired) electrons. The molecule has 4 nitrogen and oxygen atoms in total. The molecule has 0 amide bonds. The Morgan fingerprint density at radius 3 is 1.66 bits per heavy atom. The maximum atomic E-state index is 14.7. The van der Waals surface area contributed by atoms with Crippen molar-refractivity contribution in [2.75, 3.05) is 0 Å². The van der Waals surface area contributed by atoms with Crippen molar-refractivity contribution in [2.24, 2.45) is 0 Å². The molecule has 0 heterocycles. The van der Waals surface area contributed by atoms with Crippen LogP contribution in [0.25, 0.3) is 0 Å². The Balaban J connectivity index is 2.95. The van der Waals surface area contributed by atoms with Crippen LogP contribution in [-0.4, -0.2) is 18.8 Å². The van der Waals surface area contributed by atoms with Gasteiger partial charge in [-0.05, 0) is 17.9 Å². The lowest BCUT2D eigenvalue weighted by Gasteiger charge is -2.21. The van der Waals surface area contributed by atoms with Crippen molar-refractivity contribution in [3.63, 3.8) is 0 Å². The number of ketones is 1. The van der Waals surface area contributed by atoms with Gasteiger partial charge in [-0.3, -0.25) is 9.35 Å². The molecule has 1 N–H and O–H groups in total. The second-order valence-electron chi connectivity index (χ2n) is 6.81. The SMILES string of the molecule is CCC(C)c1ccc(C(=O)c2c(F)c(C(F)(F)F)c(S(=O)(=O)O)c(C(F)(F)F)c2F)cc1. The van der Waals surface area contributed by atoms with Gasteiger partial charge >= 0.3 is 12.4 Å². The first-order valence-corrected chi connectivity index (χ1v) is 10.2. The number of carbonyl (C=O) groups excluding carboxylic acids is 1. The molecule has 0 spiro atoms. The van der Waals surface area contributed by atoms with Crippen LogP contribution < -0.4 is 0 Å². The van der Waals surface area contributed by atoms with E-state index in [9.17, 15) is 48.3 Å². The van der Waals surface area contributed by atoms with Gasteiger partial charge in [0.1, 0.15) is 16.0 Å². The highest BCUT2D eigenvalue weighted by molar-refractivity contribution is 7.86. The zero-order chi connectivity index (χ0) is 24.8. The summed E-state index contributed by atoms with van der Waals surface area (Å²) in [4.78, 5) is 9.47. The van der Waals surface area contributed by atoms with E-state index in [-0.39, 0.29) is 5.92 Å². The number of carbonyl (C=O) groups is 1. The van der Waals surface area contributed by atoms with E-state index in [1.165, 1.54) is 12.1 Å². The van der Waals surface area contributed by atoms with Gasteiger partial charge in [0.05, 0.1) is 5.56 Å². The van der Waals surface area contributed by atoms with Crippen molar-refractivity contribution < 1.29 is 52.9 Å². The summed E-state index contributed by atoms with van der Waals surface area (Å²) in [6.45, 7) is 3.61. The standard InChI is InChI=1S/C19H14F8O4S/c1-3-8(2)9-4-6-10(7-5-9)16(28)11-14(20)12(18(22,23)24)17(32(29,30)31)13(15(11)21)19(25,26)27/h4-8H,3H2,1-2H3,(H,29,30,31). The van der Waals surface area contributed by atoms with Gasteiger partial charge in [-0.25, -0.2) is 8.78 Å². The van der Waals surface area contributed by atoms with Crippen molar-refractivity contribution in [2.45, 2.75) is 43.4 Å². The van der Waals surface area contributed by atoms with Crippen LogP contribution in [0.15, 0.2) is 29.2 Å². The monoisotopic (exact) mass is 490 g/mol. The lowest BCUT2D eigenvalue weighted by molar-refractivity contribution is -0.150. The molecule has 0 fully saturated rings. The van der Waals surface area contributed by atoms with Crippen LogP contribution in [-0.2, 0) is 22.5 Å². The molecule has 1 atom stereocenters. The molecule has 1 unspecified atom stereocenters. The van der Waals surface area contributed by atoms with Gasteiger partial charge in [-0.15, -0.1) is 0 Å². The van der Waals surface area contributed by atoms with E-state index in [0.717, 1.165) is 12.1 Å². The van der Waals surface area contributed by atoms with E-state index in [0.29, 0.717) is 12.0 Å². The molecule has 2 aromatic carbocycles. The summed E-state index contributed by atoms with van der Waals surface area (Å²) < 4.78 is 141. The first kappa shape index (κ1) is 25.7. The van der Waals surface area contributed by atoms with Gasteiger partial charge in [-0.2, -0.15) is 34.8 Å². The fourth-order valence-corrected chi connectivity index (χ4v) is 3.90. The summed E-state index contributed by atoms with van der Waals surface area (Å²) >= 11 is 0. The van der Waals surface area contributed by atoms with Crippen molar-refractivity contribution in [1.82, 2.24) is 0 Å². The predicted molar refractivity (Wildman–Crippen MR) is 94.8 cm³/mol. The van der Waals surface area contributed by atoms with Gasteiger partial charge in [0.15, 0.2) is 17.4 Å². The first-order valence-electron chi connectivity index (χ1n) is 8.74. The summed E-state index contributed by atoms with van der Waals surface area (Å²) in [6.07, 6.45) is -11.6. The summed E-state index contributed by atoms with van der Waals surface area (Å²) in [5.41, 5.74) is -8.52. The smallest absolute Gasteiger partial charge is 0.288 e. The number of rotatable bonds is 5. The summed E-state index contributed by atoms with van der Waals surface area (Å²) in [6, 6.07) is 4.53. The largest absolute Gasteiger partial charge is 0.420 e. The van der Waals surface area contributed by atoms with E-state index in [1.54, 1.807) is 6.92 Å². The second-order valence-corrected chi connectivity index (χ2v) is 8.17. The molecular weight excluding hydrogens is 476 g/mol. The second kappa shape index (κ2) is 8.43. The first-order chi connectivity index (χ1) is 14.4. The lowest BCUT2D eigenvalue weighted by atomic mass is 9.93. The Morgan fingerprint density at radius 1 is 0.938 bits per heavy atom. The molecular formula is C19H14F8O4S. The zero-order valence-electron chi connectivity index (χ0n) is 16.2. The molecule has 13 heteroatoms. The topological polar surface area (TPSA) is 71.4 Å². The average Bonchev–Trinajstić information content (AvgIpc) is 2.63. The molecule has 176 valence electrons. The minimum absolute atomic E-state index is 0.0321. The molecule has 32 heavy (non-hydrogen) atoms. The van der Waals surface area contributed by atoms with Crippen molar-refractivity contribution >= 4 is 15.9 Å². The zero-order valence-corrected chi connectivity index (χ0v) is 17.0. The number of halogens is 8. The molecule has 0 aliphatic rings. The summed E-state index contributed by atoms with van der Waals surface area (Å²) in [5, 5.41) is 0. The van der Waals surface area contributed by atoms with E-state index in [2.05, 4.69) is 0 Å². The third kappa shape index (κ3) is 4.77. The van der Waals surface area contributed by atoms with Gasteiger partial charge in [-0.1, -0.05) is 38.1 Å². The fraction of sp³-hybridized carbons (Fsp3) is 0.316. The third-order valence-electron chi connectivity index (χ3n) is 4.74. The van der Waals surface area contributed by atoms with Crippen molar-refractivity contribution in [1.29, 1.82) is 0 Å². The van der Waals surface area contributed by atoms with Crippen molar-refractivity contribution in [3.05, 3.63) is 63.7 Å². The lowest BCUT2D eigenvalue weighted by Crippen LogP contribution is -2.26. The molecule has 0 saturated carbocycles. The highest BCUT2D eigenvalue weighted by Crippen LogP contribution is 2.46. The number of benzene rings is 2. The molecule has 2 aromatic rings. The fourth-order valence-electron chi connectivity index (χ4n) is 2.98. The Bertz CT molecular complexity index is 1110. The van der Waals surface area contributed by atoms with Gasteiger partial charge in [0.25, 0.3) is 10.1 Å². The maximum absolute atomic E-state index is 14.7. The number of hydrogen-bond donors (Lipinski definition) is 1. The molecule has 0 saturated heterocycles. The highest BCUT2D eigenvalue weighted by atomic mass is 32.2. The van der Waals surface area contributed by atoms with Crippen LogP contribution in [0.3, 0.4) is 0 Å². The van der Waals surface area contributed by atoms with E-state index >= 15 is 0 Å². The van der Waals surface area contributed by atoms with Gasteiger partial charge < -0.3 is 0 Å². The Hall–Kier alpha value is -2.54. The van der Waals surface area contributed by atoms with Crippen LogP contribution in [0.5, 0.6) is 0 Å². The van der Waals surface area contributed by atoms with Crippen LogP contribution >= 0.6 is 0 Å². The molecule has 0 aliphatic carbocycles. The van der Waals surface area contributed by atoms with Crippen molar-refractivity contribution in [3.8, 4) is 0 Å². The normalized spacial score (nSPS) is 13.8. The van der Waals surface area contributed by atoms with E-state index < -0.39 is 67.0 Å². The Kier molecular flexibility index (Phi) is 6.77. The van der Waals surface area contributed by atoms with E-state index in [1.807, 2.05) is 6.92 Å². The van der Waals surface area contributed by atoms with Gasteiger partial charge in [0.2, 0.25) is 0 Å². The number of hydrogen-bond acceptors (Lipinski definition) is 3. The van der Waals surface area contributed by atoms with Crippen LogP contribution in [0, 0.1) is 11.6 Å². The average molecular weight is 490 g/mol. The quantitative estimate of drug-likeness (QED) is 0.317. The summed E-state index contributed by atoms with van der Waals surface area (Å²) in [5.74, 6) is -7.71. The highest BCUT2D eigenvalue weighted by Gasteiger charge is 2.51. The molecule has 0 bridgehead atoms. The molecule has 0 aliphatic heterocycles. The van der Waals surface area contributed by atoms with Crippen LogP contribution in [0.2, 0.25) is 0 Å². The Morgan fingerprint density at radius 2 is 1.34 bits per heavy atom. The van der Waals surface area contributed by atoms with E-state index in [4.69, 9.17) is 4.55 Å². The van der Waals surface area contributed by atoms with Gasteiger partial charge in [0, 0.05) is 5.56 Å². The summed E-state index contributed by atoms with van der Waals surface area (Å²) in [7, 11) is -6.43. The minimum Gasteiger partial charge on any atom is -0.288 e. The van der Waals surface area contributed by atoms with Crippen LogP contribution in [0.4, 0.5) is 35.1 Å². The third-order valence-corrected chi connectivity index (χ3v) is 5.66. The number of alkyl halides is 6. The molecule has 2 rings (SSSR count). The predicted octanol–water partition coefficient (Wildman–Crippen LogP) is 5.99. The van der Waals surface area contributed by atoms with Crippen LogP contribution in [0.1, 0.15) is 58.8 Å². The Labute approximate surface area is 176 Å². The molecule has 0 aromatic heterocycles. The minimum atomic E-state index is -6.43. The maximum Gasteiger partial charge on any atom is 0.420 e.